The highest BCUT2D eigenvalue weighted by Gasteiger charge is 2.29. The highest BCUT2D eigenvalue weighted by atomic mass is 16.2. The number of urea groups is 1. The molecule has 0 aromatic heterocycles. The lowest BCUT2D eigenvalue weighted by Crippen LogP contribution is -2.33. The van der Waals surface area contributed by atoms with E-state index in [1.165, 1.54) is 0 Å². The van der Waals surface area contributed by atoms with E-state index in [2.05, 4.69) is 4.90 Å². The number of carbonyl (C=O) groups excluding carboxylic acids is 1. The summed E-state index contributed by atoms with van der Waals surface area (Å²) < 4.78 is 0. The second-order valence-corrected chi connectivity index (χ2v) is 5.14. The van der Waals surface area contributed by atoms with Gasteiger partial charge in [0.05, 0.1) is 11.4 Å². The van der Waals surface area contributed by atoms with Gasteiger partial charge in [0, 0.05) is 19.6 Å². The summed E-state index contributed by atoms with van der Waals surface area (Å²) in [6.45, 7) is 3.30. The van der Waals surface area contributed by atoms with E-state index in [-0.39, 0.29) is 6.03 Å². The molecule has 1 aromatic rings. The van der Waals surface area contributed by atoms with Crippen molar-refractivity contribution in [3.05, 3.63) is 24.3 Å². The highest BCUT2D eigenvalue weighted by molar-refractivity contribution is 5.97. The number of para-hydroxylation sites is 2. The Hall–Kier alpha value is -1.75. The lowest BCUT2D eigenvalue weighted by Gasteiger charge is -2.20. The molecule has 1 saturated heterocycles. The molecule has 0 atom stereocenters. The lowest BCUT2D eigenvalue weighted by molar-refractivity contribution is 0.218. The number of nitrogens with two attached hydrogens (primary N) is 1. The molecule has 0 unspecified atom stereocenters. The van der Waals surface area contributed by atoms with Gasteiger partial charge in [-0.25, -0.2) is 4.79 Å². The second kappa shape index (κ2) is 5.93. The van der Waals surface area contributed by atoms with Crippen LogP contribution in [0.5, 0.6) is 0 Å². The minimum Gasteiger partial charge on any atom is -0.397 e. The molecule has 1 fully saturated rings. The van der Waals surface area contributed by atoms with Crippen LogP contribution in [-0.4, -0.2) is 56.1 Å². The zero-order valence-electron chi connectivity index (χ0n) is 11.7. The molecule has 1 aromatic carbocycles. The normalized spacial score (nSPS) is 15.6. The van der Waals surface area contributed by atoms with Gasteiger partial charge < -0.3 is 15.5 Å². The fourth-order valence-corrected chi connectivity index (χ4v) is 2.32. The maximum atomic E-state index is 12.3. The molecule has 5 nitrogen and oxygen atoms in total. The van der Waals surface area contributed by atoms with Crippen LogP contribution in [0.25, 0.3) is 0 Å². The maximum absolute atomic E-state index is 12.3. The number of carbonyl (C=O) groups is 1. The average molecular weight is 262 g/mol. The van der Waals surface area contributed by atoms with Crippen LogP contribution >= 0.6 is 0 Å². The predicted molar refractivity (Wildman–Crippen MR) is 78.3 cm³/mol. The van der Waals surface area contributed by atoms with Crippen LogP contribution in [-0.2, 0) is 0 Å². The zero-order valence-corrected chi connectivity index (χ0v) is 11.7. The molecule has 0 spiro atoms. The van der Waals surface area contributed by atoms with E-state index in [0.29, 0.717) is 5.69 Å². The third-order valence-electron chi connectivity index (χ3n) is 3.36. The number of nitrogen functional groups attached to an aromatic ring is 1. The van der Waals surface area contributed by atoms with Crippen molar-refractivity contribution < 1.29 is 4.79 Å². The standard InChI is InChI=1S/C14H22N4O/c1-16(2)8-5-9-17-10-11-18(14(17)19)13-7-4-3-6-12(13)15/h3-4,6-7H,5,8-11,15H2,1-2H3. The van der Waals surface area contributed by atoms with Crippen molar-refractivity contribution in [2.24, 2.45) is 0 Å². The first kappa shape index (κ1) is 13.7. The Kier molecular flexibility index (Phi) is 4.27. The molecule has 19 heavy (non-hydrogen) atoms. The van der Waals surface area contributed by atoms with Gasteiger partial charge in [-0.15, -0.1) is 0 Å². The number of anilines is 2. The third kappa shape index (κ3) is 3.17. The summed E-state index contributed by atoms with van der Waals surface area (Å²) in [4.78, 5) is 18.1. The smallest absolute Gasteiger partial charge is 0.324 e. The van der Waals surface area contributed by atoms with Crippen LogP contribution in [0.3, 0.4) is 0 Å². The van der Waals surface area contributed by atoms with Crippen LogP contribution < -0.4 is 10.6 Å². The van der Waals surface area contributed by atoms with E-state index in [1.54, 1.807) is 4.90 Å². The van der Waals surface area contributed by atoms with Crippen LogP contribution in [0.2, 0.25) is 0 Å². The van der Waals surface area contributed by atoms with Crippen LogP contribution in [0.15, 0.2) is 24.3 Å². The molecular formula is C14H22N4O. The molecule has 1 heterocycles. The van der Waals surface area contributed by atoms with Crippen molar-refractivity contribution in [1.82, 2.24) is 9.80 Å². The quantitative estimate of drug-likeness (QED) is 0.817. The van der Waals surface area contributed by atoms with E-state index >= 15 is 0 Å². The number of nitrogens with zero attached hydrogens (tertiary/aromatic N) is 3. The van der Waals surface area contributed by atoms with Gasteiger partial charge in [0.15, 0.2) is 0 Å². The summed E-state index contributed by atoms with van der Waals surface area (Å²) in [6.07, 6.45) is 0.997. The molecule has 1 aliphatic heterocycles. The van der Waals surface area contributed by atoms with Gasteiger partial charge in [-0.05, 0) is 39.2 Å². The molecule has 2 rings (SSSR count). The van der Waals surface area contributed by atoms with Gasteiger partial charge in [0.25, 0.3) is 0 Å². The fourth-order valence-electron chi connectivity index (χ4n) is 2.32. The first-order valence-electron chi connectivity index (χ1n) is 6.65. The van der Waals surface area contributed by atoms with E-state index in [0.717, 1.165) is 38.3 Å². The number of benzene rings is 1. The monoisotopic (exact) mass is 262 g/mol. The molecule has 0 saturated carbocycles. The van der Waals surface area contributed by atoms with Crippen LogP contribution in [0.1, 0.15) is 6.42 Å². The summed E-state index contributed by atoms with van der Waals surface area (Å²) >= 11 is 0. The summed E-state index contributed by atoms with van der Waals surface area (Å²) in [5.74, 6) is 0. The van der Waals surface area contributed by atoms with Gasteiger partial charge in [-0.3, -0.25) is 4.90 Å². The molecular weight excluding hydrogens is 240 g/mol. The van der Waals surface area contributed by atoms with Crippen molar-refractivity contribution in [2.75, 3.05) is 50.9 Å². The molecule has 0 bridgehead atoms. The molecule has 0 radical (unpaired) electrons. The summed E-state index contributed by atoms with van der Waals surface area (Å²) in [6, 6.07) is 7.59. The predicted octanol–water partition coefficient (Wildman–Crippen LogP) is 1.46. The third-order valence-corrected chi connectivity index (χ3v) is 3.36. The number of hydrogen-bond acceptors (Lipinski definition) is 3. The Labute approximate surface area is 114 Å². The summed E-state index contributed by atoms with van der Waals surface area (Å²) in [5, 5.41) is 0. The van der Waals surface area contributed by atoms with Gasteiger partial charge >= 0.3 is 6.03 Å². The summed E-state index contributed by atoms with van der Waals surface area (Å²) in [5.41, 5.74) is 7.41. The largest absolute Gasteiger partial charge is 0.397 e. The Morgan fingerprint density at radius 1 is 1.26 bits per heavy atom. The maximum Gasteiger partial charge on any atom is 0.324 e. The van der Waals surface area contributed by atoms with E-state index in [1.807, 2.05) is 43.3 Å². The van der Waals surface area contributed by atoms with E-state index in [4.69, 9.17) is 5.73 Å². The lowest BCUT2D eigenvalue weighted by atomic mass is 10.2. The van der Waals surface area contributed by atoms with Crippen molar-refractivity contribution in [1.29, 1.82) is 0 Å². The SMILES string of the molecule is CN(C)CCCN1CCN(c2ccccc2N)C1=O. The topological polar surface area (TPSA) is 52.8 Å². The van der Waals surface area contributed by atoms with Crippen molar-refractivity contribution in [3.63, 3.8) is 0 Å². The molecule has 104 valence electrons. The molecule has 2 amide bonds. The Balaban J connectivity index is 1.96. The summed E-state index contributed by atoms with van der Waals surface area (Å²) in [7, 11) is 4.09. The minimum absolute atomic E-state index is 0.0663. The van der Waals surface area contributed by atoms with Crippen LogP contribution in [0.4, 0.5) is 16.2 Å². The Morgan fingerprint density at radius 2 is 2.00 bits per heavy atom. The Morgan fingerprint density at radius 3 is 2.68 bits per heavy atom. The van der Waals surface area contributed by atoms with Gasteiger partial charge in [0.2, 0.25) is 0 Å². The molecule has 5 heteroatoms. The second-order valence-electron chi connectivity index (χ2n) is 5.14. The number of rotatable bonds is 5. The van der Waals surface area contributed by atoms with Crippen LogP contribution in [0, 0.1) is 0 Å². The molecule has 1 aliphatic rings. The number of hydrogen-bond donors (Lipinski definition) is 1. The Bertz CT molecular complexity index is 447. The highest BCUT2D eigenvalue weighted by Crippen LogP contribution is 2.26. The van der Waals surface area contributed by atoms with Gasteiger partial charge in [-0.2, -0.15) is 0 Å². The van der Waals surface area contributed by atoms with E-state index in [9.17, 15) is 4.79 Å². The first-order valence-corrected chi connectivity index (χ1v) is 6.65. The van der Waals surface area contributed by atoms with Gasteiger partial charge in [0.1, 0.15) is 0 Å². The first-order chi connectivity index (χ1) is 9.09. The fraction of sp³-hybridized carbons (Fsp3) is 0.500. The van der Waals surface area contributed by atoms with Crippen molar-refractivity contribution in [3.8, 4) is 0 Å². The number of amides is 2. The molecule has 0 aliphatic carbocycles. The van der Waals surface area contributed by atoms with Crippen molar-refractivity contribution in [2.45, 2.75) is 6.42 Å². The van der Waals surface area contributed by atoms with Crippen molar-refractivity contribution >= 4 is 17.4 Å². The van der Waals surface area contributed by atoms with E-state index < -0.39 is 0 Å². The van der Waals surface area contributed by atoms with Gasteiger partial charge in [-0.1, -0.05) is 12.1 Å². The molecule has 2 N–H and O–H groups in total. The minimum atomic E-state index is 0.0663. The zero-order chi connectivity index (χ0) is 13.8. The average Bonchev–Trinajstić information content (AvgIpc) is 2.72.